The Kier molecular flexibility index (Phi) is 5.48. The van der Waals surface area contributed by atoms with Crippen molar-refractivity contribution in [3.63, 3.8) is 0 Å². The zero-order valence-corrected chi connectivity index (χ0v) is 15.0. The van der Waals surface area contributed by atoms with Crippen LogP contribution in [0.2, 0.25) is 0 Å². The highest BCUT2D eigenvalue weighted by Crippen LogP contribution is 2.15. The van der Waals surface area contributed by atoms with E-state index in [1.807, 2.05) is 24.3 Å². The maximum absolute atomic E-state index is 12.4. The number of hydrogen-bond acceptors (Lipinski definition) is 4. The standard InChI is InChI=1S/C19H26N4O2/c1-3-22-11-6-7-15(22)13-20-18(24)10-12-23-17-9-5-4-8-16(17)21-14(2)19(23)25/h4-5,8-9,15H,3,6-7,10-13H2,1-2H3,(H,20,24). The second kappa shape index (κ2) is 7.78. The lowest BCUT2D eigenvalue weighted by atomic mass is 10.2. The number of aryl methyl sites for hydroxylation is 2. The third-order valence-corrected chi connectivity index (χ3v) is 5.02. The number of amides is 1. The van der Waals surface area contributed by atoms with Crippen molar-refractivity contribution >= 4 is 16.9 Å². The maximum Gasteiger partial charge on any atom is 0.272 e. The Morgan fingerprint density at radius 3 is 2.96 bits per heavy atom. The van der Waals surface area contributed by atoms with E-state index in [4.69, 9.17) is 0 Å². The maximum atomic E-state index is 12.4. The predicted molar refractivity (Wildman–Crippen MR) is 98.6 cm³/mol. The number of likely N-dealkylation sites (tertiary alicyclic amines) is 1. The van der Waals surface area contributed by atoms with Crippen LogP contribution in [0.3, 0.4) is 0 Å². The SMILES string of the molecule is CCN1CCCC1CNC(=O)CCn1c(=O)c(C)nc2ccccc21. The van der Waals surface area contributed by atoms with Crippen molar-refractivity contribution in [3.8, 4) is 0 Å². The number of nitrogens with zero attached hydrogens (tertiary/aromatic N) is 3. The van der Waals surface area contributed by atoms with Crippen LogP contribution < -0.4 is 10.9 Å². The number of fused-ring (bicyclic) bond motifs is 1. The Morgan fingerprint density at radius 1 is 1.36 bits per heavy atom. The summed E-state index contributed by atoms with van der Waals surface area (Å²) in [6.45, 7) is 7.08. The fourth-order valence-electron chi connectivity index (χ4n) is 3.62. The summed E-state index contributed by atoms with van der Waals surface area (Å²) >= 11 is 0. The number of hydrogen-bond donors (Lipinski definition) is 1. The van der Waals surface area contributed by atoms with Gasteiger partial charge >= 0.3 is 0 Å². The molecular formula is C19H26N4O2. The van der Waals surface area contributed by atoms with Crippen molar-refractivity contribution in [2.45, 2.75) is 45.7 Å². The molecule has 1 fully saturated rings. The molecule has 6 nitrogen and oxygen atoms in total. The average Bonchev–Trinajstić information content (AvgIpc) is 3.08. The Labute approximate surface area is 147 Å². The summed E-state index contributed by atoms with van der Waals surface area (Å²) < 4.78 is 1.66. The first-order chi connectivity index (χ1) is 12.1. The van der Waals surface area contributed by atoms with Gasteiger partial charge in [-0.3, -0.25) is 14.5 Å². The predicted octanol–water partition coefficient (Wildman–Crippen LogP) is 1.70. The molecule has 1 aromatic heterocycles. The summed E-state index contributed by atoms with van der Waals surface area (Å²) in [5, 5.41) is 3.03. The van der Waals surface area contributed by atoms with Crippen molar-refractivity contribution in [1.82, 2.24) is 19.8 Å². The summed E-state index contributed by atoms with van der Waals surface area (Å²) in [4.78, 5) is 31.4. The van der Waals surface area contributed by atoms with Gasteiger partial charge in [-0.15, -0.1) is 0 Å². The number of benzene rings is 1. The molecule has 25 heavy (non-hydrogen) atoms. The van der Waals surface area contributed by atoms with Crippen LogP contribution in [0.25, 0.3) is 11.0 Å². The molecule has 3 rings (SSSR count). The van der Waals surface area contributed by atoms with Crippen molar-refractivity contribution in [2.75, 3.05) is 19.6 Å². The van der Waals surface area contributed by atoms with E-state index in [9.17, 15) is 9.59 Å². The lowest BCUT2D eigenvalue weighted by Crippen LogP contribution is -2.40. The molecular weight excluding hydrogens is 316 g/mol. The zero-order valence-electron chi connectivity index (χ0n) is 15.0. The average molecular weight is 342 g/mol. The molecule has 134 valence electrons. The number of nitrogens with one attached hydrogen (secondary N) is 1. The molecule has 0 spiro atoms. The minimum atomic E-state index is -0.126. The van der Waals surface area contributed by atoms with E-state index >= 15 is 0 Å². The van der Waals surface area contributed by atoms with Crippen molar-refractivity contribution in [3.05, 3.63) is 40.3 Å². The molecule has 0 radical (unpaired) electrons. The fraction of sp³-hybridized carbons (Fsp3) is 0.526. The second-order valence-corrected chi connectivity index (χ2v) is 6.62. The highest BCUT2D eigenvalue weighted by Gasteiger charge is 2.23. The Hall–Kier alpha value is -2.21. The van der Waals surface area contributed by atoms with E-state index in [0.717, 1.165) is 30.5 Å². The fourth-order valence-corrected chi connectivity index (χ4v) is 3.62. The van der Waals surface area contributed by atoms with Gasteiger partial charge in [0.15, 0.2) is 0 Å². The van der Waals surface area contributed by atoms with Gasteiger partial charge in [0.05, 0.1) is 11.0 Å². The van der Waals surface area contributed by atoms with Gasteiger partial charge in [-0.25, -0.2) is 4.98 Å². The molecule has 6 heteroatoms. The Morgan fingerprint density at radius 2 is 2.16 bits per heavy atom. The van der Waals surface area contributed by atoms with Gasteiger partial charge in [0.25, 0.3) is 5.56 Å². The van der Waals surface area contributed by atoms with E-state index in [2.05, 4.69) is 22.1 Å². The molecule has 1 aliphatic rings. The van der Waals surface area contributed by atoms with Crippen LogP contribution in [0, 0.1) is 6.92 Å². The van der Waals surface area contributed by atoms with Gasteiger partial charge in [-0.1, -0.05) is 19.1 Å². The smallest absolute Gasteiger partial charge is 0.272 e. The number of aromatic nitrogens is 2. The molecule has 1 atom stereocenters. The quantitative estimate of drug-likeness (QED) is 0.868. The van der Waals surface area contributed by atoms with Gasteiger partial charge in [-0.05, 0) is 45.0 Å². The molecule has 1 amide bonds. The number of likely N-dealkylation sites (N-methyl/N-ethyl adjacent to an activating group) is 1. The number of carbonyl (C=O) groups is 1. The van der Waals surface area contributed by atoms with Crippen LogP contribution in [-0.2, 0) is 11.3 Å². The van der Waals surface area contributed by atoms with Crippen molar-refractivity contribution < 1.29 is 4.79 Å². The molecule has 1 aromatic carbocycles. The van der Waals surface area contributed by atoms with Crippen molar-refractivity contribution in [2.24, 2.45) is 0 Å². The molecule has 1 N–H and O–H groups in total. The third kappa shape index (κ3) is 3.90. The van der Waals surface area contributed by atoms with Crippen LogP contribution in [0.1, 0.15) is 31.9 Å². The third-order valence-electron chi connectivity index (χ3n) is 5.02. The molecule has 0 aliphatic carbocycles. The number of carbonyl (C=O) groups excluding carboxylic acids is 1. The summed E-state index contributed by atoms with van der Waals surface area (Å²) in [5.74, 6) is -0.00611. The summed E-state index contributed by atoms with van der Waals surface area (Å²) in [6.07, 6.45) is 2.64. The van der Waals surface area contributed by atoms with E-state index in [-0.39, 0.29) is 11.5 Å². The van der Waals surface area contributed by atoms with Crippen LogP contribution >= 0.6 is 0 Å². The first-order valence-electron chi connectivity index (χ1n) is 9.07. The van der Waals surface area contributed by atoms with Crippen LogP contribution in [0.5, 0.6) is 0 Å². The summed E-state index contributed by atoms with van der Waals surface area (Å²) in [6, 6.07) is 7.99. The van der Waals surface area contributed by atoms with Gasteiger partial charge in [0.2, 0.25) is 5.91 Å². The monoisotopic (exact) mass is 342 g/mol. The number of para-hydroxylation sites is 2. The zero-order chi connectivity index (χ0) is 17.8. The molecule has 2 heterocycles. The molecule has 0 bridgehead atoms. The van der Waals surface area contributed by atoms with Crippen LogP contribution in [-0.4, -0.2) is 46.0 Å². The van der Waals surface area contributed by atoms with E-state index in [1.54, 1.807) is 11.5 Å². The molecule has 0 saturated carbocycles. The van der Waals surface area contributed by atoms with E-state index < -0.39 is 0 Å². The van der Waals surface area contributed by atoms with Crippen LogP contribution in [0.15, 0.2) is 29.1 Å². The number of rotatable bonds is 6. The Bertz CT molecular complexity index is 815. The molecule has 2 aromatic rings. The first-order valence-corrected chi connectivity index (χ1v) is 9.07. The van der Waals surface area contributed by atoms with Gasteiger partial charge in [0, 0.05) is 25.6 Å². The normalized spacial score (nSPS) is 17.9. The van der Waals surface area contributed by atoms with E-state index in [0.29, 0.717) is 31.2 Å². The van der Waals surface area contributed by atoms with Gasteiger partial charge in [0.1, 0.15) is 5.69 Å². The second-order valence-electron chi connectivity index (χ2n) is 6.62. The topological polar surface area (TPSA) is 67.2 Å². The van der Waals surface area contributed by atoms with E-state index in [1.165, 1.54) is 6.42 Å². The van der Waals surface area contributed by atoms with Crippen LogP contribution in [0.4, 0.5) is 0 Å². The molecule has 1 aliphatic heterocycles. The Balaban J connectivity index is 1.63. The lowest BCUT2D eigenvalue weighted by Gasteiger charge is -2.22. The highest BCUT2D eigenvalue weighted by molar-refractivity contribution is 5.77. The van der Waals surface area contributed by atoms with Gasteiger partial charge in [-0.2, -0.15) is 0 Å². The molecule has 1 unspecified atom stereocenters. The highest BCUT2D eigenvalue weighted by atomic mass is 16.2. The van der Waals surface area contributed by atoms with Crippen molar-refractivity contribution in [1.29, 1.82) is 0 Å². The minimum Gasteiger partial charge on any atom is -0.354 e. The largest absolute Gasteiger partial charge is 0.354 e. The lowest BCUT2D eigenvalue weighted by molar-refractivity contribution is -0.121. The summed E-state index contributed by atoms with van der Waals surface area (Å²) in [7, 11) is 0. The molecule has 1 saturated heterocycles. The summed E-state index contributed by atoms with van der Waals surface area (Å²) in [5.41, 5.74) is 1.89. The van der Waals surface area contributed by atoms with Gasteiger partial charge < -0.3 is 9.88 Å². The first kappa shape index (κ1) is 17.6. The minimum absolute atomic E-state index is 0.00611.